The van der Waals surface area contributed by atoms with Crippen LogP contribution in [0.15, 0.2) is 0 Å². The van der Waals surface area contributed by atoms with Gasteiger partial charge in [-0.1, -0.05) is 45.4 Å². The van der Waals surface area contributed by atoms with Crippen molar-refractivity contribution in [2.45, 2.75) is 83.6 Å². The predicted octanol–water partition coefficient (Wildman–Crippen LogP) is 4.52. The van der Waals surface area contributed by atoms with Gasteiger partial charge in [0.2, 0.25) is 0 Å². The van der Waals surface area contributed by atoms with Crippen LogP contribution in [0.3, 0.4) is 0 Å². The van der Waals surface area contributed by atoms with E-state index in [0.717, 1.165) is 23.3 Å². The lowest BCUT2D eigenvalue weighted by atomic mass is 9.57. The van der Waals surface area contributed by atoms with Gasteiger partial charge in [0.25, 0.3) is 0 Å². The minimum Gasteiger partial charge on any atom is -0.313 e. The summed E-state index contributed by atoms with van der Waals surface area (Å²) in [6.45, 7) is 3.79. The van der Waals surface area contributed by atoms with Crippen molar-refractivity contribution in [2.75, 3.05) is 6.54 Å². The molecule has 3 saturated carbocycles. The topological polar surface area (TPSA) is 12.0 Å². The summed E-state index contributed by atoms with van der Waals surface area (Å²) < 4.78 is 0. The summed E-state index contributed by atoms with van der Waals surface area (Å²) in [5.41, 5.74) is 0.746. The smallest absolute Gasteiger partial charge is 0.0124 e. The van der Waals surface area contributed by atoms with Crippen LogP contribution < -0.4 is 5.32 Å². The van der Waals surface area contributed by atoms with Gasteiger partial charge in [0.15, 0.2) is 0 Å². The zero-order valence-corrected chi connectivity index (χ0v) is 12.2. The summed E-state index contributed by atoms with van der Waals surface area (Å²) in [4.78, 5) is 0. The molecule has 3 unspecified atom stereocenters. The van der Waals surface area contributed by atoms with Crippen molar-refractivity contribution in [1.82, 2.24) is 5.32 Å². The molecule has 1 nitrogen and oxygen atoms in total. The van der Waals surface area contributed by atoms with E-state index >= 15 is 0 Å². The second-order valence-electron chi connectivity index (χ2n) is 7.44. The molecule has 0 radical (unpaired) electrons. The zero-order valence-electron chi connectivity index (χ0n) is 12.2. The van der Waals surface area contributed by atoms with Crippen LogP contribution in [0.4, 0.5) is 0 Å². The van der Waals surface area contributed by atoms with E-state index in [4.69, 9.17) is 0 Å². The molecular formula is C17H31N. The molecule has 0 amide bonds. The molecule has 104 valence electrons. The highest BCUT2D eigenvalue weighted by Crippen LogP contribution is 2.51. The third kappa shape index (κ3) is 2.48. The van der Waals surface area contributed by atoms with Crippen LogP contribution >= 0.6 is 0 Å². The molecule has 1 heteroatoms. The molecule has 0 heterocycles. The highest BCUT2D eigenvalue weighted by atomic mass is 15.0. The Bertz CT molecular complexity index is 267. The maximum atomic E-state index is 3.98. The average molecular weight is 249 g/mol. The Morgan fingerprint density at radius 2 is 1.67 bits per heavy atom. The van der Waals surface area contributed by atoms with E-state index < -0.39 is 0 Å². The number of nitrogens with one attached hydrogen (secondary N) is 1. The van der Waals surface area contributed by atoms with Gasteiger partial charge in [0.05, 0.1) is 0 Å². The Labute approximate surface area is 113 Å². The van der Waals surface area contributed by atoms with Gasteiger partial charge in [-0.25, -0.2) is 0 Å². The van der Waals surface area contributed by atoms with Crippen molar-refractivity contribution in [3.05, 3.63) is 0 Å². The summed E-state index contributed by atoms with van der Waals surface area (Å²) in [5.74, 6) is 1.94. The third-order valence-electron chi connectivity index (χ3n) is 6.43. The van der Waals surface area contributed by atoms with E-state index in [9.17, 15) is 0 Å². The van der Waals surface area contributed by atoms with Crippen LogP contribution in [0.2, 0.25) is 0 Å². The summed E-state index contributed by atoms with van der Waals surface area (Å²) in [7, 11) is 0. The van der Waals surface area contributed by atoms with E-state index in [0.29, 0.717) is 0 Å². The molecule has 1 spiro atoms. The third-order valence-corrected chi connectivity index (χ3v) is 6.43. The molecule has 0 aliphatic heterocycles. The Kier molecular flexibility index (Phi) is 3.98. The van der Waals surface area contributed by atoms with Crippen molar-refractivity contribution in [1.29, 1.82) is 0 Å². The number of hydrogen-bond donors (Lipinski definition) is 1. The Morgan fingerprint density at radius 3 is 2.33 bits per heavy atom. The highest BCUT2D eigenvalue weighted by molar-refractivity contribution is 5.01. The first-order chi connectivity index (χ1) is 8.80. The second kappa shape index (κ2) is 5.53. The zero-order chi connectivity index (χ0) is 12.4. The molecule has 0 bridgehead atoms. The number of rotatable bonds is 3. The van der Waals surface area contributed by atoms with Crippen molar-refractivity contribution in [3.63, 3.8) is 0 Å². The minimum atomic E-state index is 0.746. The Hall–Kier alpha value is -0.0400. The first-order valence-electron chi connectivity index (χ1n) is 8.54. The lowest BCUT2D eigenvalue weighted by Gasteiger charge is -2.53. The summed E-state index contributed by atoms with van der Waals surface area (Å²) in [5, 5.41) is 3.98. The fourth-order valence-corrected chi connectivity index (χ4v) is 4.86. The molecule has 18 heavy (non-hydrogen) atoms. The van der Waals surface area contributed by atoms with Crippen LogP contribution in [-0.4, -0.2) is 12.6 Å². The molecule has 3 aliphatic rings. The van der Waals surface area contributed by atoms with Gasteiger partial charge >= 0.3 is 0 Å². The summed E-state index contributed by atoms with van der Waals surface area (Å²) in [6.07, 6.45) is 16.4. The molecule has 0 aromatic rings. The van der Waals surface area contributed by atoms with E-state index in [1.807, 2.05) is 0 Å². The lowest BCUT2D eigenvalue weighted by molar-refractivity contribution is 0.0184. The minimum absolute atomic E-state index is 0.746. The molecule has 3 aliphatic carbocycles. The van der Waals surface area contributed by atoms with Gasteiger partial charge in [-0.15, -0.1) is 0 Å². The molecule has 0 saturated heterocycles. The Morgan fingerprint density at radius 1 is 0.889 bits per heavy atom. The average Bonchev–Trinajstić information content (AvgIpc) is 2.41. The van der Waals surface area contributed by atoms with Gasteiger partial charge in [-0.05, 0) is 55.9 Å². The first kappa shape index (κ1) is 13.0. The molecule has 0 aromatic carbocycles. The molecule has 1 N–H and O–H groups in total. The van der Waals surface area contributed by atoms with Gasteiger partial charge in [-0.3, -0.25) is 0 Å². The highest BCUT2D eigenvalue weighted by Gasteiger charge is 2.46. The van der Waals surface area contributed by atoms with Gasteiger partial charge < -0.3 is 5.32 Å². The molecule has 3 rings (SSSR count). The van der Waals surface area contributed by atoms with Crippen LogP contribution in [0, 0.1) is 17.3 Å². The Balaban J connectivity index is 1.48. The maximum Gasteiger partial charge on any atom is 0.0124 e. The van der Waals surface area contributed by atoms with E-state index in [-0.39, 0.29) is 0 Å². The monoisotopic (exact) mass is 249 g/mol. The summed E-state index contributed by atoms with van der Waals surface area (Å²) >= 11 is 0. The SMILES string of the molecule is CC1CCCCC1CNC1CCC12CCCCC2. The van der Waals surface area contributed by atoms with Crippen molar-refractivity contribution in [3.8, 4) is 0 Å². The van der Waals surface area contributed by atoms with Crippen molar-refractivity contribution < 1.29 is 0 Å². The van der Waals surface area contributed by atoms with Crippen molar-refractivity contribution in [2.24, 2.45) is 17.3 Å². The predicted molar refractivity (Wildman–Crippen MR) is 77.7 cm³/mol. The normalized spacial score (nSPS) is 39.5. The van der Waals surface area contributed by atoms with E-state index in [1.165, 1.54) is 77.2 Å². The van der Waals surface area contributed by atoms with E-state index in [2.05, 4.69) is 12.2 Å². The lowest BCUT2D eigenvalue weighted by Crippen LogP contribution is -2.55. The molecule has 3 fully saturated rings. The standard InChI is InChI=1S/C17H31N/c1-14-7-3-4-8-15(14)13-18-16-9-12-17(16)10-5-2-6-11-17/h14-16,18H,2-13H2,1H3. The fraction of sp³-hybridized carbons (Fsp3) is 1.00. The summed E-state index contributed by atoms with van der Waals surface area (Å²) in [6, 6.07) is 0.881. The van der Waals surface area contributed by atoms with Crippen molar-refractivity contribution >= 4 is 0 Å². The van der Waals surface area contributed by atoms with Crippen LogP contribution in [0.25, 0.3) is 0 Å². The quantitative estimate of drug-likeness (QED) is 0.775. The van der Waals surface area contributed by atoms with Crippen LogP contribution in [0.5, 0.6) is 0 Å². The second-order valence-corrected chi connectivity index (χ2v) is 7.44. The molecule has 3 atom stereocenters. The number of hydrogen-bond acceptors (Lipinski definition) is 1. The fourth-order valence-electron chi connectivity index (χ4n) is 4.86. The van der Waals surface area contributed by atoms with Crippen LogP contribution in [0.1, 0.15) is 77.6 Å². The van der Waals surface area contributed by atoms with Crippen LogP contribution in [-0.2, 0) is 0 Å². The van der Waals surface area contributed by atoms with Gasteiger partial charge in [0, 0.05) is 6.04 Å². The van der Waals surface area contributed by atoms with Gasteiger partial charge in [0.1, 0.15) is 0 Å². The molecular weight excluding hydrogens is 218 g/mol. The largest absolute Gasteiger partial charge is 0.313 e. The van der Waals surface area contributed by atoms with E-state index in [1.54, 1.807) is 0 Å². The first-order valence-corrected chi connectivity index (χ1v) is 8.54. The molecule has 0 aromatic heterocycles. The van der Waals surface area contributed by atoms with Gasteiger partial charge in [-0.2, -0.15) is 0 Å². The maximum absolute atomic E-state index is 3.98.